The van der Waals surface area contributed by atoms with Crippen molar-refractivity contribution in [2.24, 2.45) is 5.73 Å². The number of thioether (sulfide) groups is 1. The zero-order valence-electron chi connectivity index (χ0n) is 55.4. The number of nitro groups is 1. The summed E-state index contributed by atoms with van der Waals surface area (Å²) in [6.07, 6.45) is 7.69. The lowest BCUT2D eigenvalue weighted by atomic mass is 9.96. The number of aliphatic hydroxyl groups is 1. The van der Waals surface area contributed by atoms with E-state index >= 15 is 0 Å². The van der Waals surface area contributed by atoms with Gasteiger partial charge in [0.1, 0.15) is 52.7 Å². The summed E-state index contributed by atoms with van der Waals surface area (Å²) in [6.45, 7) is 8.68. The highest BCUT2D eigenvalue weighted by Gasteiger charge is 2.25. The summed E-state index contributed by atoms with van der Waals surface area (Å²) in [7, 11) is 1.32. The number of para-hydroxylation sites is 1. The summed E-state index contributed by atoms with van der Waals surface area (Å²) in [6, 6.07) is 30.0. The largest absolute Gasteiger partial charge is 0.506 e. The number of aromatic hydroxyl groups is 2. The van der Waals surface area contributed by atoms with E-state index in [9.17, 15) is 53.5 Å². The van der Waals surface area contributed by atoms with Crippen LogP contribution in [0, 0.1) is 22.9 Å². The van der Waals surface area contributed by atoms with Crippen LogP contribution in [-0.2, 0) is 33.9 Å². The maximum absolute atomic E-state index is 13.6. The number of anilines is 1. The minimum Gasteiger partial charge on any atom is -0.506 e. The molecule has 0 aliphatic carbocycles. The molecule has 3 aliphatic heterocycles. The Labute approximate surface area is 603 Å². The first-order valence-electron chi connectivity index (χ1n) is 31.1. The number of aliphatic hydroxyl groups excluding tert-OH is 1. The molecular weight excluding hydrogens is 1430 g/mol. The summed E-state index contributed by atoms with van der Waals surface area (Å²) < 4.78 is 38.9. The number of aromatic amines is 1. The molecule has 8 heterocycles. The minimum absolute atomic E-state index is 0.0523. The van der Waals surface area contributed by atoms with Gasteiger partial charge in [-0.15, -0.1) is 11.8 Å². The standard InChI is InChI=1S/C14H12FNO3.C13H11NO5.C12H7Cl3O2.C12H15N3O2S.C9H7NO.C6H9N3O3.C3H6N2O2/c1-7-2-3-8-4-9(15)5-10-12(8)16(7)6-11(13(10)17)14(18)19;1-2-14-5-8(13(16)17)12(15)7-3-10-11(4-9(7)14)19-6-18-10;13-7-1-3-11(9(15)5-7)17-12-4-2-8(14)6-10(12)16;1-3-6-18-8-4-5-9-10(7-8)14-11(13-9)15-12(16)17-2;11-8-5-1-3-7-4-2-6-10-9(7)8;1-5-7-4-6(9(11)12)8(5)2-3-10;4-2-1-7-5-3(2)6/h4-7H,2-3H2,1H3,(H,18,19);3-5H,2,6H2,1H3,(H,16,17);1-6,16H;4-5,7H,3,6H2,1-2H3,(H2,13,14,15,16);1-6,11H;4,10H,2-3H2,1H3;2H,1,4H2,(H,5,6)/t;;;;;;2-/m......1/s1. The molecule has 0 saturated carbocycles. The number of carboxylic acids is 2. The fourth-order valence-electron chi connectivity index (χ4n) is 10.1. The number of aromatic carboxylic acids is 2. The molecule has 0 radical (unpaired) electrons. The molecule has 540 valence electrons. The van der Waals surface area contributed by atoms with Crippen LogP contribution in [0.25, 0.3) is 43.7 Å². The highest BCUT2D eigenvalue weighted by atomic mass is 35.5. The van der Waals surface area contributed by atoms with Gasteiger partial charge in [-0.25, -0.2) is 38.8 Å². The SMILES string of the molecule is CC1CCc2cc(F)cc3c(=O)c(C(=O)O)cn1c23.CCCSc1ccc2nc(NC(=O)OC)[nH]c2c1.CCn1cc(C(=O)O)c(=O)c2cc3c(cc21)OCO3.Cc1ncc([N+](=O)[O-])n1CCO.N[C@@H]1CONC1=O.Oc1cc(Cl)ccc1Oc1ccc(Cl)cc1Cl.Oc1cccc2cccnc12. The van der Waals surface area contributed by atoms with Crippen LogP contribution in [0.2, 0.25) is 15.1 Å². The number of imidazole rings is 2. The van der Waals surface area contributed by atoms with Gasteiger partial charge in [0, 0.05) is 75.9 Å². The highest BCUT2D eigenvalue weighted by molar-refractivity contribution is 7.99. The molecule has 29 nitrogen and oxygen atoms in total. The third kappa shape index (κ3) is 19.9. The van der Waals surface area contributed by atoms with E-state index in [2.05, 4.69) is 47.2 Å². The number of carbonyl (C=O) groups excluding carboxylic acids is 2. The first-order chi connectivity index (χ1) is 49.2. The Kier molecular flexibility index (Phi) is 27.2. The second kappa shape index (κ2) is 36.0. The average Bonchev–Trinajstić information content (AvgIpc) is 1.74. The van der Waals surface area contributed by atoms with Crippen molar-refractivity contribution < 1.29 is 77.8 Å². The number of H-pyrrole nitrogens is 1. The van der Waals surface area contributed by atoms with Crippen molar-refractivity contribution in [3.8, 4) is 34.5 Å². The summed E-state index contributed by atoms with van der Waals surface area (Å²) in [4.78, 5) is 98.3. The average molecular weight is 1500 g/mol. The topological polar surface area (TPSA) is 412 Å². The van der Waals surface area contributed by atoms with Crippen LogP contribution >= 0.6 is 46.6 Å². The number of phenolic OH excluding ortho intramolecular Hbond substituents is 2. The molecule has 11 aromatic rings. The number of rotatable bonds is 12. The van der Waals surface area contributed by atoms with Crippen LogP contribution in [0.15, 0.2) is 148 Å². The van der Waals surface area contributed by atoms with Gasteiger partial charge in [0.2, 0.25) is 23.6 Å². The molecule has 5 aromatic heterocycles. The van der Waals surface area contributed by atoms with Crippen molar-refractivity contribution in [2.45, 2.75) is 77.0 Å². The van der Waals surface area contributed by atoms with Gasteiger partial charge >= 0.3 is 23.8 Å². The minimum atomic E-state index is -1.28. The number of halogens is 4. The van der Waals surface area contributed by atoms with Crippen LogP contribution in [0.3, 0.4) is 0 Å². The number of hydrogen-bond acceptors (Lipinski definition) is 21. The molecule has 6 aromatic carbocycles. The number of ether oxygens (including phenoxy) is 4. The van der Waals surface area contributed by atoms with E-state index in [0.29, 0.717) is 85.6 Å². The maximum atomic E-state index is 13.6. The predicted octanol–water partition coefficient (Wildman–Crippen LogP) is 12.6. The number of nitrogens with two attached hydrogens (primary N) is 1. The third-order valence-corrected chi connectivity index (χ3v) is 17.1. The van der Waals surface area contributed by atoms with E-state index in [1.54, 1.807) is 88.6 Å². The number of methoxy groups -OCH3 is 1. The van der Waals surface area contributed by atoms with Crippen molar-refractivity contribution in [3.05, 3.63) is 208 Å². The lowest BCUT2D eigenvalue weighted by molar-refractivity contribution is -0.392. The first kappa shape index (κ1) is 77.7. The van der Waals surface area contributed by atoms with Gasteiger partial charge in [-0.3, -0.25) is 29.5 Å². The van der Waals surface area contributed by atoms with Crippen molar-refractivity contribution in [3.63, 3.8) is 0 Å². The zero-order valence-corrected chi connectivity index (χ0v) is 58.5. The fourth-order valence-corrected chi connectivity index (χ4v) is 11.5. The number of aromatic nitrogens is 7. The van der Waals surface area contributed by atoms with E-state index < -0.39 is 45.7 Å². The molecule has 10 N–H and O–H groups in total. The summed E-state index contributed by atoms with van der Waals surface area (Å²) in [5.74, 6) is 0.610. The van der Waals surface area contributed by atoms with Crippen molar-refractivity contribution >= 4 is 126 Å². The first-order valence-corrected chi connectivity index (χ1v) is 33.2. The molecule has 0 spiro atoms. The predicted molar refractivity (Wildman–Crippen MR) is 384 cm³/mol. The zero-order chi connectivity index (χ0) is 74.8. The molecule has 2 atom stereocenters. The van der Waals surface area contributed by atoms with Gasteiger partial charge in [-0.05, 0) is 128 Å². The van der Waals surface area contributed by atoms with Crippen LogP contribution in [-0.4, -0.2) is 127 Å². The Balaban J connectivity index is 0.000000155. The highest BCUT2D eigenvalue weighted by Crippen LogP contribution is 2.38. The number of amides is 2. The molecule has 14 rings (SSSR count). The second-order valence-electron chi connectivity index (χ2n) is 22.2. The maximum Gasteiger partial charge on any atom is 0.413 e. The van der Waals surface area contributed by atoms with Crippen LogP contribution in [0.1, 0.15) is 71.8 Å². The molecule has 0 bridgehead atoms. The Bertz CT molecular complexity index is 5020. The Hall–Kier alpha value is -11.1. The summed E-state index contributed by atoms with van der Waals surface area (Å²) in [5, 5.41) is 61.3. The van der Waals surface area contributed by atoms with E-state index in [0.717, 1.165) is 46.6 Å². The van der Waals surface area contributed by atoms with E-state index in [4.69, 9.17) is 70.1 Å². The number of carbonyl (C=O) groups is 4. The number of fused-ring (bicyclic) bond motifs is 4. The van der Waals surface area contributed by atoms with Gasteiger partial charge < -0.3 is 74.4 Å². The third-order valence-electron chi connectivity index (χ3n) is 15.1. The number of nitrogens with one attached hydrogen (secondary N) is 3. The van der Waals surface area contributed by atoms with Gasteiger partial charge in [-0.1, -0.05) is 59.9 Å². The number of phenols is 2. The van der Waals surface area contributed by atoms with Gasteiger partial charge in [0.05, 0.1) is 52.8 Å². The number of hydroxylamine groups is 1. The van der Waals surface area contributed by atoms with E-state index in [1.165, 1.54) is 47.3 Å². The Morgan fingerprint density at radius 3 is 2.17 bits per heavy atom. The quantitative estimate of drug-likeness (QED) is 0.0312. The van der Waals surface area contributed by atoms with Crippen molar-refractivity contribution in [1.82, 2.24) is 39.1 Å². The Morgan fingerprint density at radius 2 is 1.55 bits per heavy atom. The molecule has 34 heteroatoms. The summed E-state index contributed by atoms with van der Waals surface area (Å²) in [5.41, 5.74) is 10.0. The lowest BCUT2D eigenvalue weighted by Crippen LogP contribution is -2.31. The molecular formula is C69H67Cl3FN11O18S. The Morgan fingerprint density at radius 1 is 0.864 bits per heavy atom. The van der Waals surface area contributed by atoms with Gasteiger partial charge in [-0.2, -0.15) is 0 Å². The number of aryl methyl sites for hydroxylation is 3. The van der Waals surface area contributed by atoms with Gasteiger partial charge in [0.25, 0.3) is 5.91 Å². The molecule has 1 saturated heterocycles. The van der Waals surface area contributed by atoms with E-state index in [-0.39, 0.29) is 71.5 Å². The number of pyridine rings is 3. The molecule has 103 heavy (non-hydrogen) atoms. The number of nitrogens with zero attached hydrogens (tertiary/aromatic N) is 7. The molecule has 1 fully saturated rings. The smallest absolute Gasteiger partial charge is 0.413 e. The normalized spacial score (nSPS) is 13.5. The molecule has 3 aliphatic rings. The number of benzene rings is 6. The number of carboxylic acid groups (broad SMARTS) is 2. The lowest BCUT2D eigenvalue weighted by Gasteiger charge is -2.26. The fraction of sp³-hybridized carbons (Fsp3) is 0.232. The van der Waals surface area contributed by atoms with Crippen LogP contribution in [0.4, 0.5) is 21.0 Å². The second-order valence-corrected chi connectivity index (χ2v) is 24.6. The van der Waals surface area contributed by atoms with Crippen molar-refractivity contribution in [2.75, 3.05) is 38.2 Å². The number of hydrogen-bond donors (Lipinski definition) is 9. The van der Waals surface area contributed by atoms with Gasteiger partial charge in [0.15, 0.2) is 28.8 Å². The van der Waals surface area contributed by atoms with E-state index in [1.807, 2.05) is 50.2 Å². The van der Waals surface area contributed by atoms with Crippen LogP contribution < -0.4 is 41.6 Å². The molecule has 2 amide bonds. The van der Waals surface area contributed by atoms with Crippen LogP contribution in [0.5, 0.6) is 34.5 Å². The molecule has 1 unspecified atom stereocenters. The summed E-state index contributed by atoms with van der Waals surface area (Å²) >= 11 is 19.2. The monoisotopic (exact) mass is 1490 g/mol. The van der Waals surface area contributed by atoms with Crippen molar-refractivity contribution in [1.29, 1.82) is 0 Å².